The molecule has 2 amide bonds. The van der Waals surface area contributed by atoms with Crippen molar-refractivity contribution in [3.05, 3.63) is 24.3 Å². The number of carbonyl (C=O) groups excluding carboxylic acids is 2. The maximum Gasteiger partial charge on any atom is 0.243 e. The molecular formula is C17H27ClN4O4S. The van der Waals surface area contributed by atoms with Gasteiger partial charge >= 0.3 is 0 Å². The number of hydrogen-bond donors (Lipinski definition) is 3. The Hall–Kier alpha value is -1.68. The van der Waals surface area contributed by atoms with Crippen molar-refractivity contribution in [2.45, 2.75) is 43.7 Å². The second-order valence-corrected chi connectivity index (χ2v) is 8.66. The average Bonchev–Trinajstić information content (AvgIpc) is 2.54. The summed E-state index contributed by atoms with van der Waals surface area (Å²) in [6.45, 7) is 4.02. The van der Waals surface area contributed by atoms with Crippen LogP contribution in [-0.4, -0.2) is 56.8 Å². The van der Waals surface area contributed by atoms with Gasteiger partial charge in [-0.25, -0.2) is 8.42 Å². The lowest BCUT2D eigenvalue weighted by Gasteiger charge is -2.29. The van der Waals surface area contributed by atoms with Crippen molar-refractivity contribution in [2.24, 2.45) is 0 Å². The number of nitrogens with one attached hydrogen (secondary N) is 3. The maximum atomic E-state index is 12.6. The van der Waals surface area contributed by atoms with Gasteiger partial charge in [0.2, 0.25) is 21.8 Å². The molecule has 0 bridgehead atoms. The maximum absolute atomic E-state index is 12.6. The van der Waals surface area contributed by atoms with Crippen LogP contribution in [0.25, 0.3) is 0 Å². The molecule has 27 heavy (non-hydrogen) atoms. The minimum absolute atomic E-state index is 0. The summed E-state index contributed by atoms with van der Waals surface area (Å²) >= 11 is 0. The molecule has 10 heteroatoms. The van der Waals surface area contributed by atoms with Crippen LogP contribution >= 0.6 is 12.4 Å². The standard InChI is InChI=1S/C17H26N4O4S.ClH/c1-12-10-15(8-9-18-12)20-17(23)11-21(3)26(24,25)16-6-4-14(5-7-16)19-13(2)22;/h4-7,12,15,18H,8-11H2,1-3H3,(H,19,22)(H,20,23);1H. The zero-order valence-corrected chi connectivity index (χ0v) is 17.3. The number of piperidine rings is 1. The van der Waals surface area contributed by atoms with E-state index in [1.165, 1.54) is 38.2 Å². The molecule has 1 aliphatic heterocycles. The molecule has 0 saturated carbocycles. The van der Waals surface area contributed by atoms with E-state index >= 15 is 0 Å². The third-order valence-corrected chi connectivity index (χ3v) is 6.06. The lowest BCUT2D eigenvalue weighted by atomic mass is 10.0. The van der Waals surface area contributed by atoms with Gasteiger partial charge in [-0.2, -0.15) is 4.31 Å². The number of halogens is 1. The molecule has 0 aromatic heterocycles. The molecule has 1 heterocycles. The number of likely N-dealkylation sites (N-methyl/N-ethyl adjacent to an activating group) is 1. The number of hydrogen-bond acceptors (Lipinski definition) is 5. The van der Waals surface area contributed by atoms with Gasteiger partial charge < -0.3 is 16.0 Å². The molecule has 1 aromatic rings. The van der Waals surface area contributed by atoms with Gasteiger partial charge in [0.05, 0.1) is 11.4 Å². The van der Waals surface area contributed by atoms with Gasteiger partial charge in [0.25, 0.3) is 0 Å². The molecule has 0 spiro atoms. The number of carbonyl (C=O) groups is 2. The molecule has 2 atom stereocenters. The second-order valence-electron chi connectivity index (χ2n) is 6.61. The smallest absolute Gasteiger partial charge is 0.243 e. The first-order valence-corrected chi connectivity index (χ1v) is 9.99. The summed E-state index contributed by atoms with van der Waals surface area (Å²) in [5.41, 5.74) is 0.511. The van der Waals surface area contributed by atoms with Gasteiger partial charge in [-0.05, 0) is 50.6 Å². The van der Waals surface area contributed by atoms with E-state index in [2.05, 4.69) is 22.9 Å². The van der Waals surface area contributed by atoms with Gasteiger partial charge in [-0.15, -0.1) is 12.4 Å². The number of sulfonamides is 1. The summed E-state index contributed by atoms with van der Waals surface area (Å²) in [4.78, 5) is 23.3. The Morgan fingerprint density at radius 1 is 1.26 bits per heavy atom. The average molecular weight is 419 g/mol. The van der Waals surface area contributed by atoms with E-state index < -0.39 is 10.0 Å². The lowest BCUT2D eigenvalue weighted by Crippen LogP contribution is -2.49. The number of rotatable bonds is 6. The largest absolute Gasteiger partial charge is 0.352 e. The third-order valence-electron chi connectivity index (χ3n) is 4.24. The fourth-order valence-corrected chi connectivity index (χ4v) is 4.04. The van der Waals surface area contributed by atoms with E-state index in [1.54, 1.807) is 0 Å². The van der Waals surface area contributed by atoms with Crippen LogP contribution in [0.2, 0.25) is 0 Å². The Labute approximate surface area is 166 Å². The summed E-state index contributed by atoms with van der Waals surface area (Å²) in [6.07, 6.45) is 1.66. The van der Waals surface area contributed by atoms with E-state index in [4.69, 9.17) is 0 Å². The highest BCUT2D eigenvalue weighted by atomic mass is 35.5. The van der Waals surface area contributed by atoms with Crippen LogP contribution in [0, 0.1) is 0 Å². The zero-order valence-electron chi connectivity index (χ0n) is 15.7. The predicted molar refractivity (Wildman–Crippen MR) is 106 cm³/mol. The van der Waals surface area contributed by atoms with E-state index in [1.807, 2.05) is 0 Å². The molecule has 2 rings (SSSR count). The normalized spacial score (nSPS) is 19.9. The Bertz CT molecular complexity index is 755. The molecule has 1 saturated heterocycles. The number of anilines is 1. The summed E-state index contributed by atoms with van der Waals surface area (Å²) < 4.78 is 26.2. The minimum atomic E-state index is -3.78. The van der Waals surface area contributed by atoms with Crippen molar-refractivity contribution >= 4 is 39.9 Å². The van der Waals surface area contributed by atoms with Crippen molar-refractivity contribution in [3.8, 4) is 0 Å². The van der Waals surface area contributed by atoms with Crippen LogP contribution in [0.5, 0.6) is 0 Å². The topological polar surface area (TPSA) is 108 Å². The lowest BCUT2D eigenvalue weighted by molar-refractivity contribution is -0.122. The van der Waals surface area contributed by atoms with Crippen LogP contribution in [0.3, 0.4) is 0 Å². The molecule has 152 valence electrons. The van der Waals surface area contributed by atoms with E-state index in [9.17, 15) is 18.0 Å². The first-order valence-electron chi connectivity index (χ1n) is 8.55. The van der Waals surface area contributed by atoms with Crippen molar-refractivity contribution < 1.29 is 18.0 Å². The fraction of sp³-hybridized carbons (Fsp3) is 0.529. The van der Waals surface area contributed by atoms with Gasteiger partial charge in [0.1, 0.15) is 0 Å². The molecule has 0 aliphatic carbocycles. The van der Waals surface area contributed by atoms with Crippen LogP contribution in [0.4, 0.5) is 5.69 Å². The zero-order chi connectivity index (χ0) is 19.3. The highest BCUT2D eigenvalue weighted by molar-refractivity contribution is 7.89. The van der Waals surface area contributed by atoms with E-state index in [-0.39, 0.29) is 41.7 Å². The molecular weight excluding hydrogens is 392 g/mol. The van der Waals surface area contributed by atoms with Gasteiger partial charge in [-0.1, -0.05) is 0 Å². The molecule has 1 aromatic carbocycles. The SMILES string of the molecule is CC(=O)Nc1ccc(S(=O)(=O)N(C)CC(=O)NC2CCNC(C)C2)cc1.Cl. The van der Waals surface area contributed by atoms with Crippen LogP contribution in [0.15, 0.2) is 29.2 Å². The van der Waals surface area contributed by atoms with Crippen molar-refractivity contribution in [1.82, 2.24) is 14.9 Å². The second kappa shape index (κ2) is 10.0. The van der Waals surface area contributed by atoms with Crippen LogP contribution in [0.1, 0.15) is 26.7 Å². The number of nitrogens with zero attached hydrogens (tertiary/aromatic N) is 1. The summed E-state index contributed by atoms with van der Waals surface area (Å²) in [5, 5.41) is 8.78. The highest BCUT2D eigenvalue weighted by Gasteiger charge is 2.25. The van der Waals surface area contributed by atoms with Crippen LogP contribution < -0.4 is 16.0 Å². The molecule has 2 unspecified atom stereocenters. The van der Waals surface area contributed by atoms with Gasteiger partial charge in [-0.3, -0.25) is 9.59 Å². The van der Waals surface area contributed by atoms with Crippen molar-refractivity contribution in [2.75, 3.05) is 25.5 Å². The molecule has 3 N–H and O–H groups in total. The van der Waals surface area contributed by atoms with Crippen molar-refractivity contribution in [3.63, 3.8) is 0 Å². The monoisotopic (exact) mass is 418 g/mol. The number of amides is 2. The molecule has 8 nitrogen and oxygen atoms in total. The summed E-state index contributed by atoms with van der Waals surface area (Å²) in [5.74, 6) is -0.549. The molecule has 1 aliphatic rings. The molecule has 1 fully saturated rings. The summed E-state index contributed by atoms with van der Waals surface area (Å²) in [6, 6.07) is 6.23. The fourth-order valence-electron chi connectivity index (χ4n) is 2.92. The summed E-state index contributed by atoms with van der Waals surface area (Å²) in [7, 11) is -2.41. The Kier molecular flexibility index (Phi) is 8.67. The first kappa shape index (κ1) is 23.4. The van der Waals surface area contributed by atoms with Crippen LogP contribution in [-0.2, 0) is 19.6 Å². The third kappa shape index (κ3) is 6.76. The minimum Gasteiger partial charge on any atom is -0.352 e. The Balaban J connectivity index is 0.00000364. The van der Waals surface area contributed by atoms with Crippen molar-refractivity contribution in [1.29, 1.82) is 0 Å². The Morgan fingerprint density at radius 3 is 2.44 bits per heavy atom. The van der Waals surface area contributed by atoms with E-state index in [0.717, 1.165) is 23.7 Å². The molecule has 0 radical (unpaired) electrons. The highest BCUT2D eigenvalue weighted by Crippen LogP contribution is 2.17. The quantitative estimate of drug-likeness (QED) is 0.637. The predicted octanol–water partition coefficient (Wildman–Crippen LogP) is 0.944. The van der Waals surface area contributed by atoms with Gasteiger partial charge in [0.15, 0.2) is 0 Å². The Morgan fingerprint density at radius 2 is 1.89 bits per heavy atom. The first-order chi connectivity index (χ1) is 12.2. The van der Waals surface area contributed by atoms with Gasteiger partial charge in [0, 0.05) is 31.7 Å². The van der Waals surface area contributed by atoms with E-state index in [0.29, 0.717) is 11.7 Å². The number of benzene rings is 1.